The van der Waals surface area contributed by atoms with Gasteiger partial charge in [0.25, 0.3) is 0 Å². The fourth-order valence-electron chi connectivity index (χ4n) is 0. The minimum atomic E-state index is -2.17. The summed E-state index contributed by atoms with van der Waals surface area (Å²) in [6, 6.07) is 0. The first-order chi connectivity index (χ1) is 13.9. The molecule has 0 saturated heterocycles. The molecule has 0 rings (SSSR count). The predicted octanol–water partition coefficient (Wildman–Crippen LogP) is -18.4. The molecule has 0 aliphatic rings. The molecule has 0 unspecified atom stereocenters. The van der Waals surface area contributed by atoms with Gasteiger partial charge in [-0.2, -0.15) is 0 Å². The summed E-state index contributed by atoms with van der Waals surface area (Å²) in [5.74, 6) is 0. The predicted molar refractivity (Wildman–Crippen MR) is 121 cm³/mol. The van der Waals surface area contributed by atoms with Crippen LogP contribution in [0.4, 0.5) is 0 Å². The van der Waals surface area contributed by atoms with Gasteiger partial charge in [-0.25, -0.2) is 0 Å². The van der Waals surface area contributed by atoms with Gasteiger partial charge < -0.3 is 121 Å². The second-order valence-electron chi connectivity index (χ2n) is 2.77. The Labute approximate surface area is 265 Å². The van der Waals surface area contributed by atoms with E-state index in [0.717, 1.165) is 0 Å². The van der Waals surface area contributed by atoms with Crippen LogP contribution in [0.25, 0.3) is 0 Å². The molecule has 0 atom stereocenters. The average molecular weight is 567 g/mol. The molecule has 0 saturated carbocycles. The minimum absolute atomic E-state index is 0. The van der Waals surface area contributed by atoms with Gasteiger partial charge in [0.15, 0.2) is 0 Å². The Morgan fingerprint density at radius 3 is 0.143 bits per heavy atom. The molecule has 0 aliphatic carbocycles. The van der Waals surface area contributed by atoms with Gasteiger partial charge in [0.2, 0.25) is 0 Å². The van der Waals surface area contributed by atoms with E-state index in [9.17, 15) is 0 Å². The summed E-state index contributed by atoms with van der Waals surface area (Å²) in [5, 5.41) is 172. The van der Waals surface area contributed by atoms with E-state index in [2.05, 4.69) is 0 Å². The van der Waals surface area contributed by atoms with E-state index in [1.54, 1.807) is 0 Å². The van der Waals surface area contributed by atoms with E-state index in [4.69, 9.17) is 121 Å². The number of hydrogen-bond donors (Lipinski definition) is 24. The molecule has 35 heteroatoms. The monoisotopic (exact) mass is 568 g/mol. The molecular weight excluding hydrogens is 539 g/mol. The van der Waals surface area contributed by atoms with E-state index in [1.807, 2.05) is 0 Å². The zero-order valence-electron chi connectivity index (χ0n) is 15.4. The van der Waals surface area contributed by atoms with Crippen molar-refractivity contribution in [1.29, 1.82) is 0 Å². The molecule has 0 amide bonds. The topological polar surface area (TPSA) is 486 Å². The van der Waals surface area contributed by atoms with Gasteiger partial charge in [0.05, 0.1) is 0 Å². The molecule has 0 heterocycles. The third kappa shape index (κ3) is 6670. The van der Waals surface area contributed by atoms with Gasteiger partial charge in [0.1, 0.15) is 0 Å². The van der Waals surface area contributed by atoms with Gasteiger partial charge in [0, 0.05) is 0 Å². The van der Waals surface area contributed by atoms with Crippen LogP contribution in [0.15, 0.2) is 0 Å². The van der Waals surface area contributed by atoms with E-state index in [1.165, 1.54) is 0 Å². The van der Waals surface area contributed by atoms with Crippen LogP contribution in [0.1, 0.15) is 0 Å². The van der Waals surface area contributed by atoms with Gasteiger partial charge in [-0.3, -0.25) is 0 Å². The second kappa shape index (κ2) is 65.5. The van der Waals surface area contributed by atoms with Gasteiger partial charge in [-0.15, -0.1) is 0 Å². The van der Waals surface area contributed by atoms with Gasteiger partial charge >= 0.3 is 147 Å². The number of hydrogen-bond acceptors (Lipinski definition) is 24. The standard InChI is InChI=1S/8BH3O3.3Na.3H/c8*2-1(3)4;;;;;;/h8*2-4H;;;;;;. The second-order valence-corrected chi connectivity index (χ2v) is 2.77. The number of rotatable bonds is 0. The summed E-state index contributed by atoms with van der Waals surface area (Å²) in [6.07, 6.45) is 0. The molecule has 0 bridgehead atoms. The average Bonchev–Trinajstić information content (AvgIpc) is 2.30. The molecule has 0 aromatic carbocycles. The summed E-state index contributed by atoms with van der Waals surface area (Å²) in [5.41, 5.74) is 0. The molecule has 24 nitrogen and oxygen atoms in total. The Morgan fingerprint density at radius 2 is 0.143 bits per heavy atom. The molecule has 198 valence electrons. The summed E-state index contributed by atoms with van der Waals surface area (Å²) < 4.78 is 0. The molecule has 35 heavy (non-hydrogen) atoms. The van der Waals surface area contributed by atoms with Crippen molar-refractivity contribution in [2.24, 2.45) is 0 Å². The maximum absolute atomic E-state index is 7.17. The van der Waals surface area contributed by atoms with Crippen LogP contribution in [0, 0.1) is 0 Å². The van der Waals surface area contributed by atoms with Crippen molar-refractivity contribution in [3.63, 3.8) is 0 Å². The van der Waals surface area contributed by atoms with Crippen molar-refractivity contribution in [3.05, 3.63) is 0 Å². The van der Waals surface area contributed by atoms with Gasteiger partial charge in [-0.05, 0) is 0 Å². The van der Waals surface area contributed by atoms with Crippen molar-refractivity contribution in [2.45, 2.75) is 0 Å². The molecule has 0 aliphatic heterocycles. The van der Waals surface area contributed by atoms with E-state index >= 15 is 0 Å². The molecule has 0 radical (unpaired) electrons. The fourth-order valence-corrected chi connectivity index (χ4v) is 0. The summed E-state index contributed by atoms with van der Waals surface area (Å²) in [4.78, 5) is 0. The zero-order chi connectivity index (χ0) is 28.6. The first kappa shape index (κ1) is 71.2. The van der Waals surface area contributed by atoms with Gasteiger partial charge in [-0.1, -0.05) is 0 Å². The summed E-state index contributed by atoms with van der Waals surface area (Å²) >= 11 is 0. The van der Waals surface area contributed by atoms with Crippen molar-refractivity contribution in [3.8, 4) is 0 Å². The summed E-state index contributed by atoms with van der Waals surface area (Å²) in [7, 11) is -17.3. The molecule has 0 aromatic heterocycles. The molecule has 0 aromatic rings. The van der Waals surface area contributed by atoms with Crippen molar-refractivity contribution >= 4 is 147 Å². The molecule has 24 N–H and O–H groups in total. The molecule has 0 fully saturated rings. The van der Waals surface area contributed by atoms with E-state index < -0.39 is 58.6 Å². The third-order valence-corrected chi connectivity index (χ3v) is 0. The van der Waals surface area contributed by atoms with Crippen LogP contribution in [-0.4, -0.2) is 268 Å². The molecular formula is H27B8Na3O24. The first-order valence-corrected chi connectivity index (χ1v) is 6.20. The Kier molecular flexibility index (Phi) is 133. The quantitative estimate of drug-likeness (QED) is 0.121. The van der Waals surface area contributed by atoms with E-state index in [0.29, 0.717) is 0 Å². The third-order valence-electron chi connectivity index (χ3n) is 0. The zero-order valence-corrected chi connectivity index (χ0v) is 15.4. The van der Waals surface area contributed by atoms with Crippen LogP contribution >= 0.6 is 0 Å². The van der Waals surface area contributed by atoms with Crippen molar-refractivity contribution in [2.75, 3.05) is 0 Å². The van der Waals surface area contributed by atoms with Crippen LogP contribution < -0.4 is 0 Å². The Hall–Kier alpha value is 2.56. The van der Waals surface area contributed by atoms with Crippen LogP contribution in [0.3, 0.4) is 0 Å². The van der Waals surface area contributed by atoms with Crippen LogP contribution in [0.5, 0.6) is 0 Å². The van der Waals surface area contributed by atoms with Crippen LogP contribution in [-0.2, 0) is 0 Å². The summed E-state index contributed by atoms with van der Waals surface area (Å²) in [6.45, 7) is 0. The van der Waals surface area contributed by atoms with Crippen LogP contribution in [0.2, 0.25) is 0 Å². The SMILES string of the molecule is OB(O)O.OB(O)O.OB(O)O.OB(O)O.OB(O)O.OB(O)O.OB(O)O.OB(O)O.[NaH].[NaH].[NaH]. The van der Waals surface area contributed by atoms with Crippen molar-refractivity contribution in [1.82, 2.24) is 0 Å². The Bertz CT molecular complexity index is 151. The van der Waals surface area contributed by atoms with E-state index in [-0.39, 0.29) is 88.7 Å². The fraction of sp³-hybridized carbons (Fsp3) is 0. The molecule has 0 spiro atoms. The van der Waals surface area contributed by atoms with Crippen molar-refractivity contribution < 1.29 is 121 Å². The Morgan fingerprint density at radius 1 is 0.143 bits per heavy atom. The first-order valence-electron chi connectivity index (χ1n) is 6.20. The normalized spacial score (nSPS) is 6.17. The maximum atomic E-state index is 7.17. The Balaban J connectivity index is -0.0000000206.